The third-order valence-electron chi connectivity index (χ3n) is 5.90. The van der Waals surface area contributed by atoms with Crippen LogP contribution in [0.4, 0.5) is 0 Å². The van der Waals surface area contributed by atoms with Gasteiger partial charge in [-0.05, 0) is 66.6 Å². The molecule has 2 aromatic carbocycles. The minimum absolute atomic E-state index is 0.213. The molecule has 0 radical (unpaired) electrons. The van der Waals surface area contributed by atoms with Crippen LogP contribution in [0.5, 0.6) is 5.75 Å². The van der Waals surface area contributed by atoms with Crippen molar-refractivity contribution in [2.75, 3.05) is 6.54 Å². The lowest BCUT2D eigenvalue weighted by Crippen LogP contribution is -2.28. The molecule has 0 aromatic heterocycles. The fourth-order valence-electron chi connectivity index (χ4n) is 3.72. The number of carboxylic acids is 2. The van der Waals surface area contributed by atoms with Gasteiger partial charge in [0, 0.05) is 6.54 Å². The Balaban J connectivity index is 1.90. The third-order valence-corrected chi connectivity index (χ3v) is 5.90. The summed E-state index contributed by atoms with van der Waals surface area (Å²) in [6.07, 6.45) is 2.78. The highest BCUT2D eigenvalue weighted by Gasteiger charge is 2.20. The second kappa shape index (κ2) is 13.0. The standard InChI is InChI=1S/C26H35NO6/c1-3-26(32,4-2)11-6-12-27-17-19-7-5-8-23(14-19)33-18-20-9-10-21(15-24(28)29)22(13-20)16-25(30)31/h5,7-10,13-14,27,32H,3-4,6,11-12,15-18H2,1-2H3,(H,28,29)(H,30,31). The van der Waals surface area contributed by atoms with E-state index in [4.69, 9.17) is 14.9 Å². The summed E-state index contributed by atoms with van der Waals surface area (Å²) in [7, 11) is 0. The van der Waals surface area contributed by atoms with Crippen LogP contribution in [-0.2, 0) is 35.6 Å². The Labute approximate surface area is 195 Å². The Morgan fingerprint density at radius 1 is 0.939 bits per heavy atom. The number of carboxylic acid groups (broad SMARTS) is 2. The molecule has 0 unspecified atom stereocenters. The fraction of sp³-hybridized carbons (Fsp3) is 0.462. The van der Waals surface area contributed by atoms with Crippen molar-refractivity contribution in [3.05, 3.63) is 64.7 Å². The average Bonchev–Trinajstić information content (AvgIpc) is 2.78. The van der Waals surface area contributed by atoms with Gasteiger partial charge in [-0.15, -0.1) is 0 Å². The summed E-state index contributed by atoms with van der Waals surface area (Å²) in [6, 6.07) is 12.9. The molecule has 0 aliphatic carbocycles. The summed E-state index contributed by atoms with van der Waals surface area (Å²) in [5, 5.41) is 31.9. The molecule has 7 heteroatoms. The van der Waals surface area contributed by atoms with E-state index in [-0.39, 0.29) is 19.4 Å². The van der Waals surface area contributed by atoms with Gasteiger partial charge in [0.05, 0.1) is 18.4 Å². The molecule has 2 rings (SSSR count). The highest BCUT2D eigenvalue weighted by atomic mass is 16.5. The van der Waals surface area contributed by atoms with Crippen LogP contribution in [0.3, 0.4) is 0 Å². The molecule has 180 valence electrons. The minimum atomic E-state index is -1.01. The van der Waals surface area contributed by atoms with Crippen molar-refractivity contribution < 1.29 is 29.6 Å². The van der Waals surface area contributed by atoms with Gasteiger partial charge in [0.15, 0.2) is 0 Å². The number of nitrogens with one attached hydrogen (secondary N) is 1. The first-order chi connectivity index (χ1) is 15.7. The quantitative estimate of drug-likeness (QED) is 0.299. The van der Waals surface area contributed by atoms with Gasteiger partial charge in [-0.25, -0.2) is 0 Å². The van der Waals surface area contributed by atoms with Gasteiger partial charge in [0.2, 0.25) is 0 Å². The molecule has 4 N–H and O–H groups in total. The first-order valence-corrected chi connectivity index (χ1v) is 11.4. The van der Waals surface area contributed by atoms with E-state index in [0.29, 0.717) is 23.4 Å². The van der Waals surface area contributed by atoms with E-state index >= 15 is 0 Å². The van der Waals surface area contributed by atoms with Crippen LogP contribution >= 0.6 is 0 Å². The van der Waals surface area contributed by atoms with Crippen molar-refractivity contribution in [3.8, 4) is 5.75 Å². The number of benzene rings is 2. The van der Waals surface area contributed by atoms with E-state index in [2.05, 4.69) is 5.32 Å². The molecular formula is C26H35NO6. The summed E-state index contributed by atoms with van der Waals surface area (Å²) in [6.45, 7) is 5.80. The Hall–Kier alpha value is -2.90. The van der Waals surface area contributed by atoms with Gasteiger partial charge in [-0.1, -0.05) is 44.2 Å². The van der Waals surface area contributed by atoms with Crippen molar-refractivity contribution >= 4 is 11.9 Å². The van der Waals surface area contributed by atoms with Crippen molar-refractivity contribution in [3.63, 3.8) is 0 Å². The zero-order valence-electron chi connectivity index (χ0n) is 19.5. The second-order valence-corrected chi connectivity index (χ2v) is 8.39. The van der Waals surface area contributed by atoms with E-state index in [1.807, 2.05) is 38.1 Å². The van der Waals surface area contributed by atoms with Crippen LogP contribution < -0.4 is 10.1 Å². The van der Waals surface area contributed by atoms with Gasteiger partial charge < -0.3 is 25.4 Å². The van der Waals surface area contributed by atoms with Crippen LogP contribution in [0.1, 0.15) is 61.8 Å². The summed E-state index contributed by atoms with van der Waals surface area (Å²) < 4.78 is 5.89. The second-order valence-electron chi connectivity index (χ2n) is 8.39. The fourth-order valence-corrected chi connectivity index (χ4v) is 3.72. The van der Waals surface area contributed by atoms with Crippen molar-refractivity contribution in [2.45, 2.75) is 71.1 Å². The minimum Gasteiger partial charge on any atom is -0.489 e. The molecule has 0 heterocycles. The van der Waals surface area contributed by atoms with Gasteiger partial charge in [0.25, 0.3) is 0 Å². The molecule has 0 fully saturated rings. The van der Waals surface area contributed by atoms with Crippen molar-refractivity contribution in [1.82, 2.24) is 5.32 Å². The third kappa shape index (κ3) is 9.24. The van der Waals surface area contributed by atoms with Gasteiger partial charge in [0.1, 0.15) is 12.4 Å². The van der Waals surface area contributed by atoms with E-state index in [9.17, 15) is 14.7 Å². The summed E-state index contributed by atoms with van der Waals surface area (Å²) >= 11 is 0. The Morgan fingerprint density at radius 3 is 2.30 bits per heavy atom. The van der Waals surface area contributed by atoms with E-state index < -0.39 is 17.5 Å². The van der Waals surface area contributed by atoms with Crippen LogP contribution in [-0.4, -0.2) is 39.4 Å². The number of rotatable bonds is 15. The number of hydrogen-bond acceptors (Lipinski definition) is 5. The largest absolute Gasteiger partial charge is 0.489 e. The lowest BCUT2D eigenvalue weighted by molar-refractivity contribution is -0.137. The monoisotopic (exact) mass is 457 g/mol. The number of aliphatic carboxylic acids is 2. The summed E-state index contributed by atoms with van der Waals surface area (Å²) in [4.78, 5) is 22.2. The highest BCUT2D eigenvalue weighted by Crippen LogP contribution is 2.21. The Bertz CT molecular complexity index is 923. The smallest absolute Gasteiger partial charge is 0.307 e. The lowest BCUT2D eigenvalue weighted by atomic mass is 9.92. The molecule has 0 spiro atoms. The first kappa shape index (κ1) is 26.4. The summed E-state index contributed by atoms with van der Waals surface area (Å²) in [5.74, 6) is -1.30. The zero-order chi connectivity index (χ0) is 24.3. The van der Waals surface area contributed by atoms with E-state index in [1.54, 1.807) is 18.2 Å². The number of ether oxygens (including phenoxy) is 1. The number of carbonyl (C=O) groups is 2. The molecular weight excluding hydrogens is 422 g/mol. The van der Waals surface area contributed by atoms with Crippen LogP contribution in [0, 0.1) is 0 Å². The maximum Gasteiger partial charge on any atom is 0.307 e. The van der Waals surface area contributed by atoms with E-state index in [1.165, 1.54) is 0 Å². The Morgan fingerprint density at radius 2 is 1.64 bits per heavy atom. The van der Waals surface area contributed by atoms with Crippen LogP contribution in [0.15, 0.2) is 42.5 Å². The molecule has 7 nitrogen and oxygen atoms in total. The maximum absolute atomic E-state index is 11.1. The van der Waals surface area contributed by atoms with E-state index in [0.717, 1.165) is 43.4 Å². The topological polar surface area (TPSA) is 116 Å². The van der Waals surface area contributed by atoms with Gasteiger partial charge in [-0.2, -0.15) is 0 Å². The van der Waals surface area contributed by atoms with Crippen LogP contribution in [0.25, 0.3) is 0 Å². The Kier molecular flexibility index (Phi) is 10.4. The van der Waals surface area contributed by atoms with Gasteiger partial charge >= 0.3 is 11.9 Å². The SMILES string of the molecule is CCC(O)(CC)CCCNCc1cccc(OCc2ccc(CC(=O)O)c(CC(=O)O)c2)c1. The summed E-state index contributed by atoms with van der Waals surface area (Å²) in [5.41, 5.74) is 2.28. The lowest BCUT2D eigenvalue weighted by Gasteiger charge is -2.25. The van der Waals surface area contributed by atoms with Crippen molar-refractivity contribution in [1.29, 1.82) is 0 Å². The molecule has 0 aliphatic rings. The molecule has 0 bridgehead atoms. The molecule has 0 amide bonds. The maximum atomic E-state index is 11.1. The molecule has 0 saturated carbocycles. The van der Waals surface area contributed by atoms with Crippen molar-refractivity contribution in [2.24, 2.45) is 0 Å². The first-order valence-electron chi connectivity index (χ1n) is 11.4. The predicted molar refractivity (Wildman–Crippen MR) is 126 cm³/mol. The van der Waals surface area contributed by atoms with Crippen LogP contribution in [0.2, 0.25) is 0 Å². The number of aliphatic hydroxyl groups is 1. The molecule has 0 atom stereocenters. The number of hydrogen-bond donors (Lipinski definition) is 4. The molecule has 0 saturated heterocycles. The molecule has 2 aromatic rings. The molecule has 33 heavy (non-hydrogen) atoms. The van der Waals surface area contributed by atoms with Gasteiger partial charge in [-0.3, -0.25) is 9.59 Å². The average molecular weight is 458 g/mol. The predicted octanol–water partition coefficient (Wildman–Crippen LogP) is 3.94. The normalized spacial score (nSPS) is 11.4. The molecule has 0 aliphatic heterocycles. The zero-order valence-corrected chi connectivity index (χ0v) is 19.5. The highest BCUT2D eigenvalue weighted by molar-refractivity contribution is 5.74.